The lowest BCUT2D eigenvalue weighted by atomic mass is 9.89. The van der Waals surface area contributed by atoms with Crippen molar-refractivity contribution >= 4 is 11.6 Å². The van der Waals surface area contributed by atoms with Gasteiger partial charge in [0.1, 0.15) is 5.82 Å². The molecule has 5 nitrogen and oxygen atoms in total. The lowest BCUT2D eigenvalue weighted by Crippen LogP contribution is -2.31. The number of piperidine rings is 1. The van der Waals surface area contributed by atoms with Gasteiger partial charge < -0.3 is 4.90 Å². The van der Waals surface area contributed by atoms with Crippen LogP contribution in [0.1, 0.15) is 68.8 Å². The third-order valence-corrected chi connectivity index (χ3v) is 5.09. The third kappa shape index (κ3) is 2.57. The van der Waals surface area contributed by atoms with Gasteiger partial charge in [0.15, 0.2) is 5.82 Å². The third-order valence-electron chi connectivity index (χ3n) is 5.09. The maximum atomic E-state index is 4.85. The normalized spacial score (nSPS) is 20.7. The molecule has 0 spiro atoms. The molecule has 1 aliphatic carbocycles. The van der Waals surface area contributed by atoms with Gasteiger partial charge in [-0.2, -0.15) is 9.50 Å². The zero-order valence-corrected chi connectivity index (χ0v) is 13.5. The van der Waals surface area contributed by atoms with E-state index in [4.69, 9.17) is 10.1 Å². The maximum absolute atomic E-state index is 4.85. The second-order valence-electron chi connectivity index (χ2n) is 6.82. The summed E-state index contributed by atoms with van der Waals surface area (Å²) >= 11 is 0. The Morgan fingerprint density at radius 3 is 2.45 bits per heavy atom. The van der Waals surface area contributed by atoms with Crippen LogP contribution in [0, 0.1) is 6.92 Å². The van der Waals surface area contributed by atoms with Crippen LogP contribution in [0.3, 0.4) is 0 Å². The Bertz CT molecular complexity index is 650. The molecule has 0 bridgehead atoms. The van der Waals surface area contributed by atoms with Gasteiger partial charge in [0.05, 0.1) is 0 Å². The van der Waals surface area contributed by atoms with Gasteiger partial charge in [-0.1, -0.05) is 19.3 Å². The number of hydrogen-bond acceptors (Lipinski definition) is 4. The van der Waals surface area contributed by atoms with Crippen molar-refractivity contribution in [2.45, 2.75) is 64.2 Å². The molecular weight excluding hydrogens is 274 g/mol. The van der Waals surface area contributed by atoms with Crippen LogP contribution in [-0.4, -0.2) is 32.7 Å². The highest BCUT2D eigenvalue weighted by atomic mass is 15.4. The lowest BCUT2D eigenvalue weighted by Gasteiger charge is -2.28. The Kier molecular flexibility index (Phi) is 3.72. The fraction of sp³-hybridized carbons (Fsp3) is 0.706. The molecule has 22 heavy (non-hydrogen) atoms. The maximum Gasteiger partial charge on any atom is 0.254 e. The number of hydrogen-bond donors (Lipinski definition) is 0. The summed E-state index contributed by atoms with van der Waals surface area (Å²) in [6.45, 7) is 4.30. The van der Waals surface area contributed by atoms with Gasteiger partial charge in [0.2, 0.25) is 0 Å². The van der Waals surface area contributed by atoms with E-state index in [-0.39, 0.29) is 0 Å². The average molecular weight is 299 g/mol. The van der Waals surface area contributed by atoms with Gasteiger partial charge in [-0.15, -0.1) is 5.10 Å². The predicted molar refractivity (Wildman–Crippen MR) is 87.4 cm³/mol. The van der Waals surface area contributed by atoms with Gasteiger partial charge in [0, 0.05) is 30.8 Å². The van der Waals surface area contributed by atoms with Crippen molar-refractivity contribution in [2.75, 3.05) is 18.0 Å². The number of fused-ring (bicyclic) bond motifs is 1. The van der Waals surface area contributed by atoms with Crippen molar-refractivity contribution in [3.8, 4) is 0 Å². The Hall–Kier alpha value is -1.65. The summed E-state index contributed by atoms with van der Waals surface area (Å²) in [6, 6.07) is 2.16. The predicted octanol–water partition coefficient (Wildman–Crippen LogP) is 3.47. The highest BCUT2D eigenvalue weighted by Gasteiger charge is 2.22. The molecule has 2 aromatic rings. The highest BCUT2D eigenvalue weighted by Crippen LogP contribution is 2.31. The van der Waals surface area contributed by atoms with Crippen LogP contribution in [-0.2, 0) is 0 Å². The average Bonchev–Trinajstić information content (AvgIpc) is 2.99. The van der Waals surface area contributed by atoms with E-state index in [9.17, 15) is 0 Å². The van der Waals surface area contributed by atoms with Gasteiger partial charge >= 0.3 is 0 Å². The molecule has 0 aromatic carbocycles. The molecule has 0 radical (unpaired) electrons. The van der Waals surface area contributed by atoms with E-state index >= 15 is 0 Å². The van der Waals surface area contributed by atoms with Gasteiger partial charge in [-0.3, -0.25) is 0 Å². The van der Waals surface area contributed by atoms with Crippen LogP contribution in [0.15, 0.2) is 6.07 Å². The zero-order valence-electron chi connectivity index (χ0n) is 13.5. The molecule has 0 unspecified atom stereocenters. The summed E-state index contributed by atoms with van der Waals surface area (Å²) < 4.78 is 1.99. The number of anilines is 1. The molecule has 0 amide bonds. The Morgan fingerprint density at radius 1 is 0.955 bits per heavy atom. The van der Waals surface area contributed by atoms with Crippen LogP contribution < -0.4 is 4.90 Å². The quantitative estimate of drug-likeness (QED) is 0.852. The van der Waals surface area contributed by atoms with Crippen molar-refractivity contribution in [1.29, 1.82) is 0 Å². The molecule has 118 valence electrons. The van der Waals surface area contributed by atoms with E-state index in [0.29, 0.717) is 5.92 Å². The lowest BCUT2D eigenvalue weighted by molar-refractivity contribution is 0.429. The van der Waals surface area contributed by atoms with Crippen molar-refractivity contribution in [3.63, 3.8) is 0 Å². The van der Waals surface area contributed by atoms with E-state index in [1.807, 2.05) is 4.52 Å². The highest BCUT2D eigenvalue weighted by molar-refractivity contribution is 5.48. The second kappa shape index (κ2) is 5.86. The van der Waals surface area contributed by atoms with Crippen LogP contribution in [0.25, 0.3) is 5.78 Å². The summed E-state index contributed by atoms with van der Waals surface area (Å²) in [5.74, 6) is 3.50. The topological polar surface area (TPSA) is 46.3 Å². The molecule has 2 aliphatic rings. The first-order chi connectivity index (χ1) is 10.8. The zero-order chi connectivity index (χ0) is 14.9. The Balaban J connectivity index is 1.73. The minimum absolute atomic E-state index is 0.532. The second-order valence-corrected chi connectivity index (χ2v) is 6.82. The molecule has 4 rings (SSSR count). The van der Waals surface area contributed by atoms with Crippen molar-refractivity contribution in [2.24, 2.45) is 0 Å². The molecule has 0 atom stereocenters. The monoisotopic (exact) mass is 299 g/mol. The molecule has 2 fully saturated rings. The SMILES string of the molecule is Cc1cc(N2CCCCC2)n2nc(C3CCCCC3)nc2n1. The summed E-state index contributed by atoms with van der Waals surface area (Å²) in [7, 11) is 0. The first-order valence-corrected chi connectivity index (χ1v) is 8.80. The summed E-state index contributed by atoms with van der Waals surface area (Å²) in [5, 5.41) is 4.85. The largest absolute Gasteiger partial charge is 0.356 e. The number of aromatic nitrogens is 4. The molecule has 1 saturated heterocycles. The summed E-state index contributed by atoms with van der Waals surface area (Å²) in [5.41, 5.74) is 1.04. The van der Waals surface area contributed by atoms with E-state index in [1.54, 1.807) is 0 Å². The number of rotatable bonds is 2. The smallest absolute Gasteiger partial charge is 0.254 e. The van der Waals surface area contributed by atoms with Crippen molar-refractivity contribution < 1.29 is 0 Å². The molecule has 3 heterocycles. The van der Waals surface area contributed by atoms with E-state index in [0.717, 1.165) is 30.4 Å². The van der Waals surface area contributed by atoms with E-state index < -0.39 is 0 Å². The first-order valence-electron chi connectivity index (χ1n) is 8.80. The van der Waals surface area contributed by atoms with Crippen molar-refractivity contribution in [3.05, 3.63) is 17.6 Å². The van der Waals surface area contributed by atoms with Crippen LogP contribution in [0.5, 0.6) is 0 Å². The molecule has 1 aliphatic heterocycles. The number of nitrogens with zero attached hydrogens (tertiary/aromatic N) is 5. The van der Waals surface area contributed by atoms with Gasteiger partial charge in [0.25, 0.3) is 5.78 Å². The fourth-order valence-corrected chi connectivity index (χ4v) is 3.87. The molecule has 2 aromatic heterocycles. The van der Waals surface area contributed by atoms with E-state index in [1.165, 1.54) is 57.2 Å². The standard InChI is InChI=1S/C17H25N5/c1-13-12-15(21-10-6-3-7-11-21)22-17(18-13)19-16(20-22)14-8-4-2-5-9-14/h12,14H,2-11H2,1H3. The Labute approximate surface area is 131 Å². The molecule has 5 heteroatoms. The molecule has 1 saturated carbocycles. The minimum Gasteiger partial charge on any atom is -0.356 e. The molecule has 0 N–H and O–H groups in total. The van der Waals surface area contributed by atoms with Crippen molar-refractivity contribution in [1.82, 2.24) is 19.6 Å². The summed E-state index contributed by atoms with van der Waals surface area (Å²) in [6.07, 6.45) is 10.3. The van der Waals surface area contributed by atoms with E-state index in [2.05, 4.69) is 22.9 Å². The fourth-order valence-electron chi connectivity index (χ4n) is 3.87. The van der Waals surface area contributed by atoms with Crippen LogP contribution in [0.2, 0.25) is 0 Å². The number of aryl methyl sites for hydroxylation is 1. The first kappa shape index (κ1) is 14.0. The molecular formula is C17H25N5. The Morgan fingerprint density at radius 2 is 1.68 bits per heavy atom. The van der Waals surface area contributed by atoms with Gasteiger partial charge in [-0.25, -0.2) is 4.98 Å². The van der Waals surface area contributed by atoms with Crippen LogP contribution in [0.4, 0.5) is 5.82 Å². The minimum atomic E-state index is 0.532. The van der Waals surface area contributed by atoms with Gasteiger partial charge in [-0.05, 0) is 39.0 Å². The summed E-state index contributed by atoms with van der Waals surface area (Å²) in [4.78, 5) is 11.8. The van der Waals surface area contributed by atoms with Crippen LogP contribution >= 0.6 is 0 Å².